The van der Waals surface area contributed by atoms with E-state index < -0.39 is 5.82 Å². The van der Waals surface area contributed by atoms with Crippen molar-refractivity contribution < 1.29 is 13.9 Å². The highest BCUT2D eigenvalue weighted by molar-refractivity contribution is 5.94. The van der Waals surface area contributed by atoms with Crippen LogP contribution in [0.25, 0.3) is 10.4 Å². The van der Waals surface area contributed by atoms with Crippen molar-refractivity contribution in [2.45, 2.75) is 6.42 Å². The molecule has 18 heavy (non-hydrogen) atoms. The lowest BCUT2D eigenvalue weighted by Gasteiger charge is -2.06. The van der Waals surface area contributed by atoms with Crippen LogP contribution < -0.4 is 10.1 Å². The Morgan fingerprint density at radius 2 is 2.39 bits per heavy atom. The van der Waals surface area contributed by atoms with Crippen molar-refractivity contribution in [1.82, 2.24) is 5.32 Å². The summed E-state index contributed by atoms with van der Waals surface area (Å²) >= 11 is 0. The predicted molar refractivity (Wildman–Crippen MR) is 63.9 cm³/mol. The molecule has 0 atom stereocenters. The van der Waals surface area contributed by atoms with Gasteiger partial charge < -0.3 is 10.1 Å². The highest BCUT2D eigenvalue weighted by atomic mass is 19.1. The smallest absolute Gasteiger partial charge is 0.251 e. The maximum Gasteiger partial charge on any atom is 0.251 e. The summed E-state index contributed by atoms with van der Waals surface area (Å²) in [6.45, 7) is 0.680. The van der Waals surface area contributed by atoms with Crippen LogP contribution >= 0.6 is 0 Å². The second kappa shape index (κ2) is 7.13. The van der Waals surface area contributed by atoms with Gasteiger partial charge in [0, 0.05) is 23.6 Å². The lowest BCUT2D eigenvalue weighted by molar-refractivity contribution is 0.0953. The Kier molecular flexibility index (Phi) is 5.47. The Hall–Kier alpha value is -2.27. The number of nitrogens with one attached hydrogen (secondary N) is 1. The minimum Gasteiger partial charge on any atom is -0.494 e. The monoisotopic (exact) mass is 252 g/mol. The zero-order chi connectivity index (χ0) is 13.4. The van der Waals surface area contributed by atoms with Crippen LogP contribution in [0.3, 0.4) is 0 Å². The number of ether oxygens (including phenoxy) is 1. The third kappa shape index (κ3) is 3.95. The van der Waals surface area contributed by atoms with E-state index in [1.165, 1.54) is 19.2 Å². The first-order chi connectivity index (χ1) is 8.69. The molecule has 1 amide bonds. The number of amides is 1. The van der Waals surface area contributed by atoms with E-state index in [0.717, 1.165) is 6.07 Å². The van der Waals surface area contributed by atoms with Gasteiger partial charge in [-0.3, -0.25) is 4.79 Å². The number of halogens is 1. The zero-order valence-corrected chi connectivity index (χ0v) is 9.89. The van der Waals surface area contributed by atoms with E-state index in [9.17, 15) is 9.18 Å². The Labute approximate surface area is 103 Å². The van der Waals surface area contributed by atoms with Gasteiger partial charge in [-0.05, 0) is 30.2 Å². The van der Waals surface area contributed by atoms with Gasteiger partial charge in [-0.1, -0.05) is 5.11 Å². The van der Waals surface area contributed by atoms with Crippen molar-refractivity contribution >= 4 is 5.91 Å². The molecule has 6 nitrogen and oxygen atoms in total. The van der Waals surface area contributed by atoms with Crippen LogP contribution in [0, 0.1) is 5.82 Å². The number of carbonyl (C=O) groups is 1. The molecule has 0 bridgehead atoms. The number of nitrogens with zero attached hydrogens (tertiary/aromatic N) is 3. The SMILES string of the molecule is COc1ccc(C(=O)NCCCN=[N+]=[N-])cc1F. The third-order valence-corrected chi connectivity index (χ3v) is 2.20. The Bertz CT molecular complexity index is 472. The molecule has 1 aromatic carbocycles. The first-order valence-electron chi connectivity index (χ1n) is 5.31. The van der Waals surface area contributed by atoms with E-state index in [-0.39, 0.29) is 17.2 Å². The highest BCUT2D eigenvalue weighted by Crippen LogP contribution is 2.17. The second-order valence-electron chi connectivity index (χ2n) is 3.41. The predicted octanol–water partition coefficient (Wildman–Crippen LogP) is 2.26. The summed E-state index contributed by atoms with van der Waals surface area (Å²) in [6, 6.07) is 3.98. The summed E-state index contributed by atoms with van der Waals surface area (Å²) in [5, 5.41) is 5.92. The first kappa shape index (κ1) is 13.8. The number of azide groups is 1. The molecule has 7 heteroatoms. The molecule has 0 unspecified atom stereocenters. The number of carbonyl (C=O) groups excluding carboxylic acids is 1. The molecule has 0 fully saturated rings. The Morgan fingerprint density at radius 3 is 3.00 bits per heavy atom. The number of rotatable bonds is 6. The third-order valence-electron chi connectivity index (χ3n) is 2.20. The average molecular weight is 252 g/mol. The van der Waals surface area contributed by atoms with E-state index in [1.54, 1.807) is 0 Å². The quantitative estimate of drug-likeness (QED) is 0.364. The van der Waals surface area contributed by atoms with Gasteiger partial charge in [-0.2, -0.15) is 0 Å². The molecule has 0 aromatic heterocycles. The zero-order valence-electron chi connectivity index (χ0n) is 9.89. The Morgan fingerprint density at radius 1 is 1.61 bits per heavy atom. The maximum atomic E-state index is 13.3. The molecular formula is C11H13FN4O2. The van der Waals surface area contributed by atoms with Gasteiger partial charge in [0.05, 0.1) is 7.11 Å². The Balaban J connectivity index is 2.51. The average Bonchev–Trinajstić information content (AvgIpc) is 2.38. The van der Waals surface area contributed by atoms with Crippen molar-refractivity contribution in [2.75, 3.05) is 20.2 Å². The largest absolute Gasteiger partial charge is 0.494 e. The molecule has 0 saturated carbocycles. The summed E-state index contributed by atoms with van der Waals surface area (Å²) in [5.41, 5.74) is 8.27. The van der Waals surface area contributed by atoms with Gasteiger partial charge in [0.25, 0.3) is 5.91 Å². The molecule has 0 heterocycles. The number of hydrogen-bond donors (Lipinski definition) is 1. The van der Waals surface area contributed by atoms with E-state index in [0.29, 0.717) is 19.5 Å². The van der Waals surface area contributed by atoms with E-state index in [4.69, 9.17) is 10.3 Å². The van der Waals surface area contributed by atoms with Crippen molar-refractivity contribution in [3.63, 3.8) is 0 Å². The first-order valence-corrected chi connectivity index (χ1v) is 5.31. The lowest BCUT2D eigenvalue weighted by atomic mass is 10.2. The summed E-state index contributed by atoms with van der Waals surface area (Å²) in [4.78, 5) is 14.2. The maximum absolute atomic E-state index is 13.3. The number of benzene rings is 1. The molecule has 1 aromatic rings. The second-order valence-corrected chi connectivity index (χ2v) is 3.41. The van der Waals surface area contributed by atoms with E-state index >= 15 is 0 Å². The molecule has 0 aliphatic heterocycles. The molecular weight excluding hydrogens is 239 g/mol. The topological polar surface area (TPSA) is 87.1 Å². The van der Waals surface area contributed by atoms with Crippen molar-refractivity contribution in [3.8, 4) is 5.75 Å². The molecule has 0 spiro atoms. The van der Waals surface area contributed by atoms with Gasteiger partial charge in [-0.15, -0.1) is 0 Å². The van der Waals surface area contributed by atoms with Crippen molar-refractivity contribution in [2.24, 2.45) is 5.11 Å². The molecule has 1 N–H and O–H groups in total. The van der Waals surface area contributed by atoms with Gasteiger partial charge >= 0.3 is 0 Å². The van der Waals surface area contributed by atoms with Crippen LogP contribution in [0.1, 0.15) is 16.8 Å². The van der Waals surface area contributed by atoms with Crippen molar-refractivity contribution in [3.05, 3.63) is 40.0 Å². The lowest BCUT2D eigenvalue weighted by Crippen LogP contribution is -2.24. The molecule has 0 radical (unpaired) electrons. The van der Waals surface area contributed by atoms with Gasteiger partial charge in [0.1, 0.15) is 0 Å². The fourth-order valence-corrected chi connectivity index (χ4v) is 1.31. The summed E-state index contributed by atoms with van der Waals surface area (Å²) in [5.74, 6) is -0.869. The van der Waals surface area contributed by atoms with Gasteiger partial charge in [-0.25, -0.2) is 4.39 Å². The van der Waals surface area contributed by atoms with E-state index in [2.05, 4.69) is 15.3 Å². The fourth-order valence-electron chi connectivity index (χ4n) is 1.31. The fraction of sp³-hybridized carbons (Fsp3) is 0.364. The van der Waals surface area contributed by atoms with Crippen LogP contribution in [0.5, 0.6) is 5.75 Å². The number of hydrogen-bond acceptors (Lipinski definition) is 3. The minimum atomic E-state index is -0.584. The van der Waals surface area contributed by atoms with Crippen molar-refractivity contribution in [1.29, 1.82) is 0 Å². The van der Waals surface area contributed by atoms with Crippen LogP contribution in [-0.2, 0) is 0 Å². The van der Waals surface area contributed by atoms with Gasteiger partial charge in [0.2, 0.25) is 0 Å². The molecule has 96 valence electrons. The summed E-state index contributed by atoms with van der Waals surface area (Å²) in [7, 11) is 1.36. The van der Waals surface area contributed by atoms with Gasteiger partial charge in [0.15, 0.2) is 11.6 Å². The molecule has 0 saturated heterocycles. The standard InChI is InChI=1S/C11H13FN4O2/c1-18-10-4-3-8(7-9(10)12)11(17)14-5-2-6-15-16-13/h3-4,7H,2,5-6H2,1H3,(H,14,17). The molecule has 0 aliphatic rings. The van der Waals surface area contributed by atoms with Crippen LogP contribution in [0.15, 0.2) is 23.3 Å². The van der Waals surface area contributed by atoms with Crippen LogP contribution in [-0.4, -0.2) is 26.1 Å². The van der Waals surface area contributed by atoms with E-state index in [1.807, 2.05) is 0 Å². The summed E-state index contributed by atoms with van der Waals surface area (Å²) < 4.78 is 18.1. The highest BCUT2D eigenvalue weighted by Gasteiger charge is 2.09. The minimum absolute atomic E-state index is 0.0925. The summed E-state index contributed by atoms with van der Waals surface area (Å²) in [6.07, 6.45) is 0.536. The number of methoxy groups -OCH3 is 1. The molecule has 0 aliphatic carbocycles. The molecule has 1 rings (SSSR count). The van der Waals surface area contributed by atoms with Crippen LogP contribution in [0.4, 0.5) is 4.39 Å². The van der Waals surface area contributed by atoms with Crippen LogP contribution in [0.2, 0.25) is 0 Å². The normalized spacial score (nSPS) is 9.44.